The van der Waals surface area contributed by atoms with Gasteiger partial charge in [-0.05, 0) is 36.6 Å². The second-order valence-electron chi connectivity index (χ2n) is 7.09. The van der Waals surface area contributed by atoms with E-state index in [0.717, 1.165) is 41.7 Å². The standard InChI is InChI=1S/C22H28ClN3O3/c1-24-21(26-14-22(8-9-22)16-6-5-7-17(23)11-16)25-13-15-10-19(28-3)20(29-4)12-18(15)27-2/h5-7,10-12H,8-9,13-14H2,1-4H3,(H2,24,25,26). The van der Waals surface area contributed by atoms with Gasteiger partial charge >= 0.3 is 0 Å². The molecule has 1 aliphatic rings. The SMILES string of the molecule is CN=C(NCc1cc(OC)c(OC)cc1OC)NCC1(c2cccc(Cl)c2)CC1. The number of benzene rings is 2. The highest BCUT2D eigenvalue weighted by Gasteiger charge is 2.44. The maximum absolute atomic E-state index is 6.17. The van der Waals surface area contributed by atoms with Crippen LogP contribution < -0.4 is 24.8 Å². The minimum absolute atomic E-state index is 0.129. The second-order valence-corrected chi connectivity index (χ2v) is 7.53. The molecule has 0 unspecified atom stereocenters. The van der Waals surface area contributed by atoms with Crippen LogP contribution in [0.1, 0.15) is 24.0 Å². The van der Waals surface area contributed by atoms with Gasteiger partial charge in [-0.25, -0.2) is 0 Å². The molecule has 7 heteroatoms. The lowest BCUT2D eigenvalue weighted by molar-refractivity contribution is 0.347. The van der Waals surface area contributed by atoms with E-state index in [1.807, 2.05) is 24.3 Å². The normalized spacial score (nSPS) is 14.9. The Morgan fingerprint density at radius 2 is 1.69 bits per heavy atom. The molecule has 0 saturated heterocycles. The van der Waals surface area contributed by atoms with E-state index < -0.39 is 0 Å². The molecule has 1 fully saturated rings. The topological polar surface area (TPSA) is 64.1 Å². The van der Waals surface area contributed by atoms with E-state index >= 15 is 0 Å². The molecule has 1 aliphatic carbocycles. The summed E-state index contributed by atoms with van der Waals surface area (Å²) in [6.45, 7) is 1.34. The molecule has 29 heavy (non-hydrogen) atoms. The van der Waals surface area contributed by atoms with E-state index in [-0.39, 0.29) is 5.41 Å². The van der Waals surface area contributed by atoms with E-state index in [4.69, 9.17) is 25.8 Å². The highest BCUT2D eigenvalue weighted by atomic mass is 35.5. The minimum Gasteiger partial charge on any atom is -0.496 e. The van der Waals surface area contributed by atoms with Crippen molar-refractivity contribution in [3.8, 4) is 17.2 Å². The van der Waals surface area contributed by atoms with Crippen molar-refractivity contribution in [2.24, 2.45) is 4.99 Å². The number of hydrogen-bond donors (Lipinski definition) is 2. The van der Waals surface area contributed by atoms with Gasteiger partial charge in [0, 0.05) is 42.2 Å². The fourth-order valence-corrected chi connectivity index (χ4v) is 3.61. The zero-order chi connectivity index (χ0) is 20.9. The number of methoxy groups -OCH3 is 3. The van der Waals surface area contributed by atoms with Gasteiger partial charge in [0.1, 0.15) is 5.75 Å². The first-order valence-corrected chi connectivity index (χ1v) is 9.92. The van der Waals surface area contributed by atoms with Crippen molar-refractivity contribution in [3.63, 3.8) is 0 Å². The van der Waals surface area contributed by atoms with E-state index in [2.05, 4.69) is 27.8 Å². The largest absolute Gasteiger partial charge is 0.496 e. The zero-order valence-electron chi connectivity index (χ0n) is 17.3. The maximum atomic E-state index is 6.17. The molecule has 0 aromatic heterocycles. The third-order valence-electron chi connectivity index (χ3n) is 5.34. The predicted octanol–water partition coefficient (Wildman–Crippen LogP) is 3.76. The monoisotopic (exact) mass is 417 g/mol. The Morgan fingerprint density at radius 3 is 2.28 bits per heavy atom. The Balaban J connectivity index is 1.64. The Morgan fingerprint density at radius 1 is 1.00 bits per heavy atom. The van der Waals surface area contributed by atoms with Crippen molar-refractivity contribution in [1.82, 2.24) is 10.6 Å². The van der Waals surface area contributed by atoms with E-state index in [1.54, 1.807) is 28.4 Å². The van der Waals surface area contributed by atoms with Crippen molar-refractivity contribution < 1.29 is 14.2 Å². The molecule has 0 radical (unpaired) electrons. The molecule has 2 aromatic rings. The fourth-order valence-electron chi connectivity index (χ4n) is 3.42. The Labute approximate surface area is 177 Å². The van der Waals surface area contributed by atoms with Crippen LogP contribution in [0.2, 0.25) is 5.02 Å². The number of ether oxygens (including phenoxy) is 3. The summed E-state index contributed by atoms with van der Waals surface area (Å²) in [6, 6.07) is 11.8. The molecule has 0 aliphatic heterocycles. The molecule has 0 bridgehead atoms. The Kier molecular flexibility index (Phi) is 6.75. The van der Waals surface area contributed by atoms with Crippen molar-refractivity contribution in [2.45, 2.75) is 24.8 Å². The summed E-state index contributed by atoms with van der Waals surface area (Å²) in [6.07, 6.45) is 2.28. The number of hydrogen-bond acceptors (Lipinski definition) is 4. The quantitative estimate of drug-likeness (QED) is 0.505. The van der Waals surface area contributed by atoms with Gasteiger partial charge in [-0.15, -0.1) is 0 Å². The Hall–Kier alpha value is -2.60. The first kappa shape index (κ1) is 21.1. The lowest BCUT2D eigenvalue weighted by atomic mass is 9.96. The second kappa shape index (κ2) is 9.27. The van der Waals surface area contributed by atoms with Gasteiger partial charge in [0.15, 0.2) is 17.5 Å². The number of rotatable bonds is 8. The number of nitrogens with one attached hydrogen (secondary N) is 2. The molecule has 2 N–H and O–H groups in total. The molecular formula is C22H28ClN3O3. The van der Waals surface area contributed by atoms with Crippen LogP contribution in [0.3, 0.4) is 0 Å². The van der Waals surface area contributed by atoms with Crippen LogP contribution in [0.15, 0.2) is 41.4 Å². The summed E-state index contributed by atoms with van der Waals surface area (Å²) >= 11 is 6.17. The van der Waals surface area contributed by atoms with Crippen molar-refractivity contribution in [2.75, 3.05) is 34.9 Å². The van der Waals surface area contributed by atoms with Crippen LogP contribution in [0.5, 0.6) is 17.2 Å². The van der Waals surface area contributed by atoms with Gasteiger partial charge in [-0.2, -0.15) is 0 Å². The van der Waals surface area contributed by atoms with Gasteiger partial charge in [0.05, 0.1) is 21.3 Å². The summed E-state index contributed by atoms with van der Waals surface area (Å²) in [5.41, 5.74) is 2.35. The molecule has 0 heterocycles. The zero-order valence-corrected chi connectivity index (χ0v) is 18.1. The molecule has 0 atom stereocenters. The highest BCUT2D eigenvalue weighted by Crippen LogP contribution is 2.48. The molecule has 0 spiro atoms. The van der Waals surface area contributed by atoms with Crippen LogP contribution in [0, 0.1) is 0 Å². The minimum atomic E-state index is 0.129. The average molecular weight is 418 g/mol. The maximum Gasteiger partial charge on any atom is 0.191 e. The summed E-state index contributed by atoms with van der Waals surface area (Å²) in [4.78, 5) is 4.35. The predicted molar refractivity (Wildman–Crippen MR) is 117 cm³/mol. The summed E-state index contributed by atoms with van der Waals surface area (Å²) in [7, 11) is 6.63. The smallest absolute Gasteiger partial charge is 0.191 e. The van der Waals surface area contributed by atoms with Crippen LogP contribution in [-0.2, 0) is 12.0 Å². The first-order chi connectivity index (χ1) is 14.0. The molecule has 6 nitrogen and oxygen atoms in total. The number of nitrogens with zero attached hydrogens (tertiary/aromatic N) is 1. The third kappa shape index (κ3) is 4.88. The van der Waals surface area contributed by atoms with Crippen molar-refractivity contribution in [1.29, 1.82) is 0 Å². The molecular weight excluding hydrogens is 390 g/mol. The molecule has 1 saturated carbocycles. The first-order valence-electron chi connectivity index (χ1n) is 9.54. The van der Waals surface area contributed by atoms with Gasteiger partial charge in [0.25, 0.3) is 0 Å². The summed E-state index contributed by atoms with van der Waals surface area (Å²) in [5, 5.41) is 7.57. The van der Waals surface area contributed by atoms with Crippen LogP contribution in [0.4, 0.5) is 0 Å². The van der Waals surface area contributed by atoms with Gasteiger partial charge in [0.2, 0.25) is 0 Å². The van der Waals surface area contributed by atoms with E-state index in [0.29, 0.717) is 18.0 Å². The lowest BCUT2D eigenvalue weighted by Gasteiger charge is -2.20. The van der Waals surface area contributed by atoms with E-state index in [1.165, 1.54) is 5.56 Å². The number of halogens is 1. The fraction of sp³-hybridized carbons (Fsp3) is 0.409. The van der Waals surface area contributed by atoms with Crippen molar-refractivity contribution in [3.05, 3.63) is 52.5 Å². The van der Waals surface area contributed by atoms with Crippen LogP contribution in [-0.4, -0.2) is 40.9 Å². The van der Waals surface area contributed by atoms with E-state index in [9.17, 15) is 0 Å². The molecule has 0 amide bonds. The third-order valence-corrected chi connectivity index (χ3v) is 5.58. The van der Waals surface area contributed by atoms with Crippen LogP contribution in [0.25, 0.3) is 0 Å². The molecule has 3 rings (SSSR count). The van der Waals surface area contributed by atoms with Crippen LogP contribution >= 0.6 is 11.6 Å². The highest BCUT2D eigenvalue weighted by molar-refractivity contribution is 6.30. The summed E-state index contributed by atoms with van der Waals surface area (Å²) < 4.78 is 16.2. The Bertz CT molecular complexity index is 882. The molecule has 2 aromatic carbocycles. The number of aliphatic imine (C=N–C) groups is 1. The number of guanidine groups is 1. The van der Waals surface area contributed by atoms with Gasteiger partial charge < -0.3 is 24.8 Å². The average Bonchev–Trinajstić information content (AvgIpc) is 3.54. The summed E-state index contributed by atoms with van der Waals surface area (Å²) in [5.74, 6) is 2.75. The lowest BCUT2D eigenvalue weighted by Crippen LogP contribution is -2.40. The van der Waals surface area contributed by atoms with Gasteiger partial charge in [-0.1, -0.05) is 23.7 Å². The molecule has 156 valence electrons. The van der Waals surface area contributed by atoms with Gasteiger partial charge in [-0.3, -0.25) is 4.99 Å². The van der Waals surface area contributed by atoms with Crippen molar-refractivity contribution >= 4 is 17.6 Å².